The lowest BCUT2D eigenvalue weighted by Crippen LogP contribution is -2.45. The summed E-state index contributed by atoms with van der Waals surface area (Å²) in [6, 6.07) is -0.626. The van der Waals surface area contributed by atoms with E-state index in [1.807, 2.05) is 6.08 Å². The molecule has 0 saturated heterocycles. The van der Waals surface area contributed by atoms with E-state index in [4.69, 9.17) is 4.74 Å². The smallest absolute Gasteiger partial charge is 0.305 e. The van der Waals surface area contributed by atoms with Gasteiger partial charge < -0.3 is 20.3 Å². The Balaban J connectivity index is 3.36. The fraction of sp³-hybridized carbons (Fsp3) is 0.895. The van der Waals surface area contributed by atoms with Gasteiger partial charge in [0.1, 0.15) is 0 Å². The van der Waals surface area contributed by atoms with Crippen LogP contribution in [-0.2, 0) is 14.3 Å². The normalized spacial score (nSPS) is 12.7. The number of nitrogens with one attached hydrogen (secondary N) is 1. The Hall–Kier alpha value is -1.92. The monoisotopic (exact) mass is 1150 g/mol. The molecule has 0 aliphatic rings. The van der Waals surface area contributed by atoms with Gasteiger partial charge in [0.2, 0.25) is 5.91 Å². The third-order valence-corrected chi connectivity index (χ3v) is 17.4. The summed E-state index contributed by atoms with van der Waals surface area (Å²) in [6.07, 6.45) is 92.5. The number of aliphatic hydroxyl groups is 2. The van der Waals surface area contributed by atoms with Crippen molar-refractivity contribution in [3.8, 4) is 0 Å². The van der Waals surface area contributed by atoms with Crippen LogP contribution in [0.25, 0.3) is 0 Å². The number of carbonyl (C=O) groups is 2. The molecule has 3 N–H and O–H groups in total. The van der Waals surface area contributed by atoms with Crippen molar-refractivity contribution >= 4 is 11.9 Å². The number of carbonyl (C=O) groups excluding carboxylic acids is 2. The summed E-state index contributed by atoms with van der Waals surface area (Å²) in [5.41, 5.74) is 0. The molecule has 0 aliphatic carbocycles. The fourth-order valence-electron chi connectivity index (χ4n) is 11.7. The van der Waals surface area contributed by atoms with Crippen LogP contribution < -0.4 is 5.32 Å². The predicted octanol–water partition coefficient (Wildman–Crippen LogP) is 24.3. The van der Waals surface area contributed by atoms with E-state index in [0.29, 0.717) is 19.4 Å². The van der Waals surface area contributed by atoms with Gasteiger partial charge in [-0.1, -0.05) is 352 Å². The molecule has 2 unspecified atom stereocenters. The van der Waals surface area contributed by atoms with Gasteiger partial charge >= 0.3 is 5.97 Å². The topological polar surface area (TPSA) is 95.9 Å². The SMILES string of the molecule is CCCCCCCCC/C=C\CCCCCCCC(=O)OCCCCCCCCCCCCCC/C=C\CCCCCCCCCCCCCCCCCCCC(=O)NC(CO)C(O)/C=C/CCCCCCCCCCCCCCCC. The molecule has 0 fully saturated rings. The van der Waals surface area contributed by atoms with Gasteiger partial charge in [0.15, 0.2) is 0 Å². The molecule has 0 aromatic rings. The maximum atomic E-state index is 12.5. The molecule has 82 heavy (non-hydrogen) atoms. The van der Waals surface area contributed by atoms with Crippen molar-refractivity contribution in [1.82, 2.24) is 5.32 Å². The Kier molecular flexibility index (Phi) is 69.9. The second-order valence-corrected chi connectivity index (χ2v) is 25.6. The number of rotatable bonds is 70. The Bertz CT molecular complexity index is 1330. The van der Waals surface area contributed by atoms with Crippen LogP contribution in [0.1, 0.15) is 412 Å². The van der Waals surface area contributed by atoms with E-state index in [2.05, 4.69) is 43.5 Å². The Morgan fingerprint density at radius 1 is 0.329 bits per heavy atom. The highest BCUT2D eigenvalue weighted by molar-refractivity contribution is 5.76. The van der Waals surface area contributed by atoms with Crippen molar-refractivity contribution in [2.45, 2.75) is 424 Å². The number of aliphatic hydroxyl groups excluding tert-OH is 2. The minimum Gasteiger partial charge on any atom is -0.466 e. The molecule has 1 amide bonds. The van der Waals surface area contributed by atoms with Crippen LogP contribution in [0.4, 0.5) is 0 Å². The van der Waals surface area contributed by atoms with E-state index in [1.165, 1.54) is 340 Å². The fourth-order valence-corrected chi connectivity index (χ4v) is 11.7. The van der Waals surface area contributed by atoms with Crippen LogP contribution in [0, 0.1) is 0 Å². The lowest BCUT2D eigenvalue weighted by molar-refractivity contribution is -0.143. The lowest BCUT2D eigenvalue weighted by Gasteiger charge is -2.20. The molecular weight excluding hydrogens is 1010 g/mol. The van der Waals surface area contributed by atoms with E-state index in [-0.39, 0.29) is 18.5 Å². The van der Waals surface area contributed by atoms with E-state index in [1.54, 1.807) is 6.08 Å². The summed E-state index contributed by atoms with van der Waals surface area (Å²) in [4.78, 5) is 24.6. The molecule has 0 saturated carbocycles. The van der Waals surface area contributed by atoms with Crippen molar-refractivity contribution in [2.24, 2.45) is 0 Å². The summed E-state index contributed by atoms with van der Waals surface area (Å²) < 4.78 is 5.50. The van der Waals surface area contributed by atoms with Gasteiger partial charge in [-0.15, -0.1) is 0 Å². The Labute approximate surface area is 513 Å². The second-order valence-electron chi connectivity index (χ2n) is 25.6. The third kappa shape index (κ3) is 67.2. The van der Waals surface area contributed by atoms with E-state index in [9.17, 15) is 19.8 Å². The zero-order valence-corrected chi connectivity index (χ0v) is 55.5. The quantitative estimate of drug-likeness (QED) is 0.0320. The van der Waals surface area contributed by atoms with Gasteiger partial charge in [-0.05, 0) is 83.5 Å². The molecule has 0 radical (unpaired) electrons. The maximum Gasteiger partial charge on any atom is 0.305 e. The molecule has 0 spiro atoms. The number of amides is 1. The van der Waals surface area contributed by atoms with Gasteiger partial charge in [-0.2, -0.15) is 0 Å². The molecule has 0 aliphatic heterocycles. The summed E-state index contributed by atoms with van der Waals surface area (Å²) in [7, 11) is 0. The van der Waals surface area contributed by atoms with Crippen molar-refractivity contribution in [3.63, 3.8) is 0 Å². The zero-order valence-electron chi connectivity index (χ0n) is 55.5. The molecule has 0 bridgehead atoms. The van der Waals surface area contributed by atoms with Crippen LogP contribution in [0.2, 0.25) is 0 Å². The minimum atomic E-state index is -0.842. The van der Waals surface area contributed by atoms with Crippen molar-refractivity contribution in [3.05, 3.63) is 36.5 Å². The average Bonchev–Trinajstić information content (AvgIpc) is 3.48. The van der Waals surface area contributed by atoms with Crippen molar-refractivity contribution < 1.29 is 24.5 Å². The highest BCUT2D eigenvalue weighted by Crippen LogP contribution is 2.19. The highest BCUT2D eigenvalue weighted by atomic mass is 16.5. The summed E-state index contributed by atoms with van der Waals surface area (Å²) >= 11 is 0. The molecule has 0 rings (SSSR count). The number of unbranched alkanes of at least 4 members (excludes halogenated alkanes) is 55. The number of hydrogen-bond donors (Lipinski definition) is 3. The van der Waals surface area contributed by atoms with Gasteiger partial charge in [0.25, 0.3) is 0 Å². The zero-order chi connectivity index (χ0) is 59.2. The van der Waals surface area contributed by atoms with Crippen molar-refractivity contribution in [2.75, 3.05) is 13.2 Å². The number of allylic oxidation sites excluding steroid dienone is 5. The van der Waals surface area contributed by atoms with Crippen molar-refractivity contribution in [1.29, 1.82) is 0 Å². The molecule has 2 atom stereocenters. The maximum absolute atomic E-state index is 12.5. The third-order valence-electron chi connectivity index (χ3n) is 17.4. The Morgan fingerprint density at radius 3 is 0.866 bits per heavy atom. The molecule has 0 aromatic carbocycles. The molecule has 6 nitrogen and oxygen atoms in total. The van der Waals surface area contributed by atoms with Crippen LogP contribution in [-0.4, -0.2) is 47.4 Å². The van der Waals surface area contributed by atoms with E-state index >= 15 is 0 Å². The minimum absolute atomic E-state index is 0.0115. The standard InChI is InChI=1S/C76H145NO5/c1-3-5-7-9-11-13-15-17-19-40-44-48-52-56-60-64-68-74(79)73(72-78)77-75(80)69-65-61-57-53-49-45-41-38-36-34-32-30-28-26-24-22-21-23-25-27-29-31-33-35-37-39-43-47-51-55-59-63-67-71-82-76(81)70-66-62-58-54-50-46-42-20-18-16-14-12-10-8-6-4-2/h20,25,27,42,64,68,73-74,78-79H,3-19,21-24,26,28-41,43-63,65-67,69-72H2,1-2H3,(H,77,80)/b27-25-,42-20-,68-64+. The van der Waals surface area contributed by atoms with Gasteiger partial charge in [0, 0.05) is 12.8 Å². The first kappa shape index (κ1) is 80.1. The first-order chi connectivity index (χ1) is 40.5. The molecule has 6 heteroatoms. The van der Waals surface area contributed by atoms with Crippen LogP contribution in [0.5, 0.6) is 0 Å². The Morgan fingerprint density at radius 2 is 0.573 bits per heavy atom. The number of esters is 1. The average molecular weight is 1150 g/mol. The van der Waals surface area contributed by atoms with E-state index < -0.39 is 12.1 Å². The summed E-state index contributed by atoms with van der Waals surface area (Å²) in [5.74, 6) is -0.0506. The summed E-state index contributed by atoms with van der Waals surface area (Å²) in [6.45, 7) is 4.93. The van der Waals surface area contributed by atoms with E-state index in [0.717, 1.165) is 44.9 Å². The van der Waals surface area contributed by atoms with Gasteiger partial charge in [-0.3, -0.25) is 9.59 Å². The number of ether oxygens (including phenoxy) is 1. The first-order valence-corrected chi connectivity index (χ1v) is 37.3. The highest BCUT2D eigenvalue weighted by Gasteiger charge is 2.18. The van der Waals surface area contributed by atoms with Gasteiger partial charge in [-0.25, -0.2) is 0 Å². The predicted molar refractivity (Wildman–Crippen MR) is 361 cm³/mol. The second kappa shape index (κ2) is 71.6. The molecular formula is C76H145NO5. The number of hydrogen-bond acceptors (Lipinski definition) is 5. The van der Waals surface area contributed by atoms with Crippen LogP contribution >= 0.6 is 0 Å². The van der Waals surface area contributed by atoms with Crippen LogP contribution in [0.3, 0.4) is 0 Å². The largest absolute Gasteiger partial charge is 0.466 e. The van der Waals surface area contributed by atoms with Crippen LogP contribution in [0.15, 0.2) is 36.5 Å². The molecule has 484 valence electrons. The van der Waals surface area contributed by atoms with Gasteiger partial charge in [0.05, 0.1) is 25.4 Å². The lowest BCUT2D eigenvalue weighted by atomic mass is 10.0. The summed E-state index contributed by atoms with van der Waals surface area (Å²) in [5, 5.41) is 23.2. The molecule has 0 aromatic heterocycles. The molecule has 0 heterocycles. The first-order valence-electron chi connectivity index (χ1n) is 37.3.